The normalized spacial score (nSPS) is 33.1. The molecule has 2 aliphatic carbocycles. The number of carbonyl (C=O) groups excluding carboxylic acids is 2. The molecule has 8 nitrogen and oxygen atoms in total. The van der Waals surface area contributed by atoms with Gasteiger partial charge in [0.15, 0.2) is 0 Å². The highest BCUT2D eigenvalue weighted by Crippen LogP contribution is 2.33. The Hall–Kier alpha value is -1.74. The van der Waals surface area contributed by atoms with Crippen LogP contribution in [0.15, 0.2) is 23.3 Å². The number of aliphatic hydroxyl groups is 2. The first-order chi connectivity index (χ1) is 14.3. The summed E-state index contributed by atoms with van der Waals surface area (Å²) in [6.45, 7) is 0. The summed E-state index contributed by atoms with van der Waals surface area (Å²) in [6, 6.07) is 0. The van der Waals surface area contributed by atoms with Crippen molar-refractivity contribution in [3.8, 4) is 0 Å². The van der Waals surface area contributed by atoms with Crippen molar-refractivity contribution in [1.82, 2.24) is 0 Å². The molecule has 0 aromatic rings. The molecule has 8 heteroatoms. The number of ether oxygens (including phenoxy) is 4. The predicted molar refractivity (Wildman–Crippen MR) is 108 cm³/mol. The molecule has 0 aliphatic heterocycles. The Morgan fingerprint density at radius 2 is 1.07 bits per heavy atom. The maximum Gasteiger partial charge on any atom is 0.338 e. The van der Waals surface area contributed by atoms with Crippen LogP contribution in [0.4, 0.5) is 0 Å². The number of allylic oxidation sites excluding steroid dienone is 2. The summed E-state index contributed by atoms with van der Waals surface area (Å²) in [4.78, 5) is 25.2. The van der Waals surface area contributed by atoms with E-state index < -0.39 is 24.1 Å². The summed E-state index contributed by atoms with van der Waals surface area (Å²) in [5.41, 5.74) is 0.307. The Morgan fingerprint density at radius 1 is 0.700 bits per heavy atom. The highest BCUT2D eigenvalue weighted by molar-refractivity contribution is 6.07. The van der Waals surface area contributed by atoms with E-state index in [1.807, 2.05) is 0 Å². The molecule has 2 N–H and O–H groups in total. The molecule has 170 valence electrons. The smallest absolute Gasteiger partial charge is 0.338 e. The van der Waals surface area contributed by atoms with Crippen molar-refractivity contribution >= 4 is 11.9 Å². The molecular formula is C22H34O8. The Kier molecular flexibility index (Phi) is 9.48. The second-order valence-corrected chi connectivity index (χ2v) is 7.97. The number of rotatable bonds is 7. The highest BCUT2D eigenvalue weighted by atomic mass is 16.5. The van der Waals surface area contributed by atoms with E-state index in [1.54, 1.807) is 26.4 Å². The summed E-state index contributed by atoms with van der Waals surface area (Å²) in [6.07, 6.45) is 5.21. The van der Waals surface area contributed by atoms with E-state index in [0.29, 0.717) is 38.5 Å². The molecule has 0 spiro atoms. The van der Waals surface area contributed by atoms with Crippen LogP contribution in [0.25, 0.3) is 0 Å². The lowest BCUT2D eigenvalue weighted by molar-refractivity contribution is -0.139. The van der Waals surface area contributed by atoms with Crippen molar-refractivity contribution in [3.63, 3.8) is 0 Å². The topological polar surface area (TPSA) is 112 Å². The van der Waals surface area contributed by atoms with E-state index in [0.717, 1.165) is 0 Å². The van der Waals surface area contributed by atoms with Crippen LogP contribution in [0.2, 0.25) is 0 Å². The molecule has 30 heavy (non-hydrogen) atoms. The van der Waals surface area contributed by atoms with Crippen LogP contribution in [-0.2, 0) is 28.5 Å². The third-order valence-corrected chi connectivity index (χ3v) is 6.11. The summed E-state index contributed by atoms with van der Waals surface area (Å²) in [5, 5.41) is 20.1. The van der Waals surface area contributed by atoms with Crippen LogP contribution in [0, 0.1) is 11.8 Å². The first kappa shape index (κ1) is 24.5. The number of methoxy groups -OCH3 is 4. The van der Waals surface area contributed by atoms with Gasteiger partial charge in [-0.05, 0) is 50.4 Å². The third-order valence-electron chi connectivity index (χ3n) is 6.11. The molecule has 0 radical (unpaired) electrons. The van der Waals surface area contributed by atoms with Crippen LogP contribution in [0.3, 0.4) is 0 Å². The average Bonchev–Trinajstić information content (AvgIpc) is 2.77. The van der Waals surface area contributed by atoms with Gasteiger partial charge in [0, 0.05) is 14.2 Å². The fourth-order valence-electron chi connectivity index (χ4n) is 4.32. The zero-order chi connectivity index (χ0) is 22.3. The molecule has 0 amide bonds. The zero-order valence-corrected chi connectivity index (χ0v) is 18.2. The van der Waals surface area contributed by atoms with E-state index in [1.165, 1.54) is 14.2 Å². The van der Waals surface area contributed by atoms with Gasteiger partial charge in [0.25, 0.3) is 0 Å². The fraction of sp³-hybridized carbons (Fsp3) is 0.727. The van der Waals surface area contributed by atoms with Gasteiger partial charge in [-0.2, -0.15) is 0 Å². The van der Waals surface area contributed by atoms with Gasteiger partial charge in [-0.3, -0.25) is 0 Å². The lowest BCUT2D eigenvalue weighted by atomic mass is 9.81. The van der Waals surface area contributed by atoms with Crippen LogP contribution in [0.5, 0.6) is 0 Å². The molecule has 2 rings (SSSR count). The van der Waals surface area contributed by atoms with Gasteiger partial charge in [-0.25, -0.2) is 9.59 Å². The molecule has 0 bridgehead atoms. The molecular weight excluding hydrogens is 392 g/mol. The lowest BCUT2D eigenvalue weighted by Crippen LogP contribution is -2.35. The quantitative estimate of drug-likeness (QED) is 0.358. The number of hydrogen-bond acceptors (Lipinski definition) is 8. The van der Waals surface area contributed by atoms with Gasteiger partial charge in [-0.1, -0.05) is 12.2 Å². The van der Waals surface area contributed by atoms with Crippen LogP contribution in [-0.4, -0.2) is 75.0 Å². The van der Waals surface area contributed by atoms with E-state index in [-0.39, 0.29) is 35.2 Å². The standard InChI is InChI=1S/C22H34O8/c1-27-19-11-13(5-7-17(19)23)9-15(21(25)29-3)16(22(26)30-4)10-14-6-8-18(24)20(12-14)28-2/h9-10,13-14,17-20,23-24H,5-8,11-12H2,1-4H3/b15-9-,16-10+. The second kappa shape index (κ2) is 11.6. The maximum atomic E-state index is 12.6. The molecule has 0 aromatic carbocycles. The first-order valence-corrected chi connectivity index (χ1v) is 10.4. The van der Waals surface area contributed by atoms with Crippen LogP contribution < -0.4 is 0 Å². The van der Waals surface area contributed by atoms with Crippen molar-refractivity contribution in [3.05, 3.63) is 23.3 Å². The Labute approximate surface area is 177 Å². The maximum absolute atomic E-state index is 12.6. The molecule has 2 aliphatic rings. The third kappa shape index (κ3) is 6.14. The van der Waals surface area contributed by atoms with Crippen molar-refractivity contribution in [2.75, 3.05) is 28.4 Å². The number of aliphatic hydroxyl groups excluding tert-OH is 2. The predicted octanol–water partition coefficient (Wildman–Crippen LogP) is 1.54. The fourth-order valence-corrected chi connectivity index (χ4v) is 4.32. The van der Waals surface area contributed by atoms with Crippen molar-refractivity contribution in [1.29, 1.82) is 0 Å². The Morgan fingerprint density at radius 3 is 1.37 bits per heavy atom. The molecule has 0 heterocycles. The Bertz CT molecular complexity index is 600. The second-order valence-electron chi connectivity index (χ2n) is 7.97. The number of hydrogen-bond donors (Lipinski definition) is 2. The zero-order valence-electron chi connectivity index (χ0n) is 18.2. The summed E-state index contributed by atoms with van der Waals surface area (Å²) >= 11 is 0. The van der Waals surface area contributed by atoms with Gasteiger partial charge in [-0.15, -0.1) is 0 Å². The highest BCUT2D eigenvalue weighted by Gasteiger charge is 2.33. The lowest BCUT2D eigenvalue weighted by Gasteiger charge is -2.32. The van der Waals surface area contributed by atoms with Gasteiger partial charge < -0.3 is 29.2 Å². The van der Waals surface area contributed by atoms with E-state index >= 15 is 0 Å². The summed E-state index contributed by atoms with van der Waals surface area (Å²) in [7, 11) is 5.63. The van der Waals surface area contributed by atoms with Crippen molar-refractivity contribution in [2.45, 2.75) is 62.9 Å². The van der Waals surface area contributed by atoms with Gasteiger partial charge >= 0.3 is 11.9 Å². The molecule has 2 saturated carbocycles. The number of carbonyl (C=O) groups is 2. The van der Waals surface area contributed by atoms with Gasteiger partial charge in [0.1, 0.15) is 0 Å². The van der Waals surface area contributed by atoms with Crippen molar-refractivity contribution in [2.24, 2.45) is 11.8 Å². The SMILES string of the molecule is COC(=O)C(=C\C1CCC(O)C(OC)C1)/C(=C\C1CCC(O)C(OC)C1)C(=O)OC. The van der Waals surface area contributed by atoms with Crippen LogP contribution >= 0.6 is 0 Å². The molecule has 2 fully saturated rings. The molecule has 0 aromatic heterocycles. The van der Waals surface area contributed by atoms with E-state index in [4.69, 9.17) is 18.9 Å². The minimum Gasteiger partial charge on any atom is -0.465 e. The first-order valence-electron chi connectivity index (χ1n) is 10.4. The van der Waals surface area contributed by atoms with Gasteiger partial charge in [0.05, 0.1) is 49.8 Å². The minimum atomic E-state index is -0.620. The molecule has 6 atom stereocenters. The number of esters is 2. The average molecular weight is 427 g/mol. The van der Waals surface area contributed by atoms with Gasteiger partial charge in [0.2, 0.25) is 0 Å². The van der Waals surface area contributed by atoms with E-state index in [2.05, 4.69) is 0 Å². The minimum absolute atomic E-state index is 0.0552. The largest absolute Gasteiger partial charge is 0.465 e. The Balaban J connectivity index is 2.36. The molecule has 6 unspecified atom stereocenters. The van der Waals surface area contributed by atoms with Crippen LogP contribution in [0.1, 0.15) is 38.5 Å². The van der Waals surface area contributed by atoms with Crippen molar-refractivity contribution < 1.29 is 38.7 Å². The van der Waals surface area contributed by atoms with E-state index in [9.17, 15) is 19.8 Å². The summed E-state index contributed by atoms with van der Waals surface area (Å²) < 4.78 is 20.6. The molecule has 0 saturated heterocycles. The summed E-state index contributed by atoms with van der Waals surface area (Å²) in [5.74, 6) is -1.35. The monoisotopic (exact) mass is 426 g/mol.